The molecule has 0 bridgehead atoms. The van der Waals surface area contributed by atoms with Gasteiger partial charge in [-0.1, -0.05) is 48.5 Å². The third kappa shape index (κ3) is 5.07. The first kappa shape index (κ1) is 18.5. The minimum atomic E-state index is -0.411. The van der Waals surface area contributed by atoms with E-state index in [9.17, 15) is 9.59 Å². The molecule has 5 nitrogen and oxygen atoms in total. The smallest absolute Gasteiger partial charge is 0.306 e. The van der Waals surface area contributed by atoms with E-state index in [-0.39, 0.29) is 18.7 Å². The predicted octanol–water partition coefficient (Wildman–Crippen LogP) is 4.31. The van der Waals surface area contributed by atoms with Gasteiger partial charge in [0.15, 0.2) is 0 Å². The fourth-order valence-electron chi connectivity index (χ4n) is 2.72. The molecule has 0 saturated heterocycles. The number of carbonyl (C=O) groups excluding carboxylic acids is 2. The molecule has 0 radical (unpaired) electrons. The number of hydrogen-bond acceptors (Lipinski definition) is 4. The number of carbonyl (C=O) groups is 2. The molecule has 3 aromatic rings. The molecular weight excluding hydrogens is 342 g/mol. The molecule has 0 atom stereocenters. The van der Waals surface area contributed by atoms with Crippen LogP contribution in [0.4, 0.5) is 5.69 Å². The van der Waals surface area contributed by atoms with Crippen LogP contribution < -0.4 is 10.1 Å². The van der Waals surface area contributed by atoms with Gasteiger partial charge < -0.3 is 14.8 Å². The summed E-state index contributed by atoms with van der Waals surface area (Å²) < 4.78 is 10.5. The number of para-hydroxylation sites is 2. The summed E-state index contributed by atoms with van der Waals surface area (Å²) in [6.45, 7) is 0.389. The summed E-state index contributed by atoms with van der Waals surface area (Å²) in [6.07, 6.45) is 0.105. The zero-order chi connectivity index (χ0) is 19.1. The number of esters is 1. The zero-order valence-corrected chi connectivity index (χ0v) is 15.1. The summed E-state index contributed by atoms with van der Waals surface area (Å²) in [5.74, 6) is -0.0924. The number of methoxy groups -OCH3 is 1. The van der Waals surface area contributed by atoms with Crippen molar-refractivity contribution in [3.8, 4) is 5.75 Å². The molecule has 0 saturated carbocycles. The van der Waals surface area contributed by atoms with E-state index in [1.807, 2.05) is 30.3 Å². The molecule has 1 amide bonds. The Morgan fingerprint density at radius 1 is 0.889 bits per heavy atom. The summed E-state index contributed by atoms with van der Waals surface area (Å²) in [5, 5.41) is 5.12. The van der Waals surface area contributed by atoms with Crippen LogP contribution in [0.5, 0.6) is 5.75 Å². The molecule has 1 N–H and O–H groups in total. The first-order chi connectivity index (χ1) is 13.2. The van der Waals surface area contributed by atoms with Crippen molar-refractivity contribution in [2.24, 2.45) is 0 Å². The van der Waals surface area contributed by atoms with Crippen LogP contribution in [0, 0.1) is 0 Å². The van der Waals surface area contributed by atoms with Crippen molar-refractivity contribution in [3.05, 3.63) is 72.3 Å². The van der Waals surface area contributed by atoms with Crippen molar-refractivity contribution in [1.82, 2.24) is 0 Å². The highest BCUT2D eigenvalue weighted by Gasteiger charge is 2.10. The van der Waals surface area contributed by atoms with Crippen LogP contribution in [0.25, 0.3) is 10.8 Å². The Hall–Kier alpha value is -3.34. The molecule has 138 valence electrons. The maximum Gasteiger partial charge on any atom is 0.306 e. The van der Waals surface area contributed by atoms with Gasteiger partial charge in [-0.25, -0.2) is 0 Å². The molecule has 5 heteroatoms. The lowest BCUT2D eigenvalue weighted by molar-refractivity contribution is -0.141. The fourth-order valence-corrected chi connectivity index (χ4v) is 2.72. The molecule has 0 aliphatic heterocycles. The highest BCUT2D eigenvalue weighted by molar-refractivity contribution is 5.93. The molecule has 0 aliphatic carbocycles. The molecule has 27 heavy (non-hydrogen) atoms. The summed E-state index contributed by atoms with van der Waals surface area (Å²) >= 11 is 0. The lowest BCUT2D eigenvalue weighted by Gasteiger charge is -2.13. The molecule has 0 unspecified atom stereocenters. The van der Waals surface area contributed by atoms with Crippen molar-refractivity contribution in [1.29, 1.82) is 0 Å². The fraction of sp³-hybridized carbons (Fsp3) is 0.182. The van der Waals surface area contributed by atoms with Gasteiger partial charge in [0.05, 0.1) is 19.2 Å². The first-order valence-electron chi connectivity index (χ1n) is 8.72. The van der Waals surface area contributed by atoms with Gasteiger partial charge in [-0.15, -0.1) is 0 Å². The van der Waals surface area contributed by atoms with Crippen molar-refractivity contribution in [2.45, 2.75) is 19.4 Å². The number of rotatable bonds is 7. The van der Waals surface area contributed by atoms with E-state index in [1.165, 1.54) is 12.5 Å². The highest BCUT2D eigenvalue weighted by Crippen LogP contribution is 2.25. The molecule has 0 fully saturated rings. The van der Waals surface area contributed by atoms with Gasteiger partial charge in [-0.05, 0) is 34.5 Å². The second-order valence-electron chi connectivity index (χ2n) is 6.09. The Morgan fingerprint density at radius 3 is 2.44 bits per heavy atom. The van der Waals surface area contributed by atoms with Crippen molar-refractivity contribution >= 4 is 28.3 Å². The maximum absolute atomic E-state index is 12.0. The lowest BCUT2D eigenvalue weighted by atomic mass is 10.1. The van der Waals surface area contributed by atoms with Gasteiger partial charge in [-0.2, -0.15) is 0 Å². The van der Waals surface area contributed by atoms with E-state index in [2.05, 4.69) is 34.3 Å². The highest BCUT2D eigenvalue weighted by atomic mass is 16.5. The second-order valence-corrected chi connectivity index (χ2v) is 6.09. The van der Waals surface area contributed by atoms with Gasteiger partial charge in [0.2, 0.25) is 5.91 Å². The van der Waals surface area contributed by atoms with E-state index in [0.29, 0.717) is 18.0 Å². The average Bonchev–Trinajstić information content (AvgIpc) is 2.71. The minimum Gasteiger partial charge on any atom is -0.487 e. The van der Waals surface area contributed by atoms with Crippen molar-refractivity contribution in [2.75, 3.05) is 12.4 Å². The van der Waals surface area contributed by atoms with Crippen LogP contribution in [-0.4, -0.2) is 19.0 Å². The number of benzene rings is 3. The summed E-state index contributed by atoms with van der Waals surface area (Å²) in [6, 6.07) is 21.6. The van der Waals surface area contributed by atoms with Crippen LogP contribution in [0.2, 0.25) is 0 Å². The predicted molar refractivity (Wildman–Crippen MR) is 105 cm³/mol. The van der Waals surface area contributed by atoms with Gasteiger partial charge in [-0.3, -0.25) is 9.59 Å². The molecule has 3 rings (SSSR count). The summed E-state index contributed by atoms with van der Waals surface area (Å²) in [4.78, 5) is 23.2. The largest absolute Gasteiger partial charge is 0.487 e. The average molecular weight is 363 g/mol. The Labute approximate surface area is 157 Å². The quantitative estimate of drug-likeness (QED) is 0.635. The van der Waals surface area contributed by atoms with Gasteiger partial charge in [0.25, 0.3) is 0 Å². The van der Waals surface area contributed by atoms with Crippen LogP contribution in [0.15, 0.2) is 66.7 Å². The van der Waals surface area contributed by atoms with Gasteiger partial charge in [0, 0.05) is 6.42 Å². The Balaban J connectivity index is 1.64. The van der Waals surface area contributed by atoms with Gasteiger partial charge >= 0.3 is 5.97 Å². The normalized spacial score (nSPS) is 10.4. The molecule has 0 aliphatic rings. The van der Waals surface area contributed by atoms with Crippen LogP contribution in [-0.2, 0) is 20.9 Å². The number of amides is 1. The van der Waals surface area contributed by atoms with E-state index in [0.717, 1.165) is 10.9 Å². The number of ether oxygens (including phenoxy) is 2. The molecule has 0 aromatic heterocycles. The number of hydrogen-bond donors (Lipinski definition) is 1. The molecule has 3 aromatic carbocycles. The zero-order valence-electron chi connectivity index (χ0n) is 15.1. The van der Waals surface area contributed by atoms with E-state index in [1.54, 1.807) is 12.1 Å². The van der Waals surface area contributed by atoms with E-state index < -0.39 is 5.97 Å². The van der Waals surface area contributed by atoms with Crippen molar-refractivity contribution in [3.63, 3.8) is 0 Å². The second kappa shape index (κ2) is 8.85. The number of anilines is 1. The van der Waals surface area contributed by atoms with Gasteiger partial charge in [0.1, 0.15) is 12.4 Å². The topological polar surface area (TPSA) is 64.6 Å². The molecule has 0 spiro atoms. The number of fused-ring (bicyclic) bond motifs is 1. The van der Waals surface area contributed by atoms with Crippen LogP contribution in [0.1, 0.15) is 18.4 Å². The van der Waals surface area contributed by atoms with E-state index >= 15 is 0 Å². The summed E-state index contributed by atoms with van der Waals surface area (Å²) in [7, 11) is 1.30. The third-order valence-electron chi connectivity index (χ3n) is 4.15. The van der Waals surface area contributed by atoms with E-state index in [4.69, 9.17) is 4.74 Å². The monoisotopic (exact) mass is 363 g/mol. The molecule has 0 heterocycles. The van der Waals surface area contributed by atoms with Crippen LogP contribution >= 0.6 is 0 Å². The van der Waals surface area contributed by atoms with Crippen LogP contribution in [0.3, 0.4) is 0 Å². The summed E-state index contributed by atoms with van der Waals surface area (Å²) in [5.41, 5.74) is 1.62. The third-order valence-corrected chi connectivity index (χ3v) is 4.15. The Kier molecular flexibility index (Phi) is 6.05. The SMILES string of the molecule is COC(=O)CCC(=O)Nc1ccccc1OCc1ccc2ccccc2c1. The minimum absolute atomic E-state index is 0.0441. The van der Waals surface area contributed by atoms with Crippen molar-refractivity contribution < 1.29 is 19.1 Å². The first-order valence-corrected chi connectivity index (χ1v) is 8.72. The number of nitrogens with one attached hydrogen (secondary N) is 1. The molecular formula is C22H21NO4. The lowest BCUT2D eigenvalue weighted by Crippen LogP contribution is -2.14. The Morgan fingerprint density at radius 2 is 1.63 bits per heavy atom. The standard InChI is InChI=1S/C22H21NO4/c1-26-22(25)13-12-21(24)23-19-8-4-5-9-20(19)27-15-16-10-11-17-6-2-3-7-18(17)14-16/h2-11,14H,12-13,15H2,1H3,(H,23,24). The Bertz CT molecular complexity index is 952. The maximum atomic E-state index is 12.0.